The van der Waals surface area contributed by atoms with Crippen LogP contribution in [-0.4, -0.2) is 18.8 Å². The van der Waals surface area contributed by atoms with Gasteiger partial charge in [-0.3, -0.25) is 9.59 Å². The van der Waals surface area contributed by atoms with Crippen LogP contribution in [0.25, 0.3) is 0 Å². The number of hydrogen-bond donors (Lipinski definition) is 1. The molecule has 6 heteroatoms. The highest BCUT2D eigenvalue weighted by Crippen LogP contribution is 2.21. The van der Waals surface area contributed by atoms with Crippen LogP contribution in [0.4, 0.5) is 5.69 Å². The largest absolute Gasteiger partial charge is 0.484 e. The van der Waals surface area contributed by atoms with E-state index in [0.717, 1.165) is 0 Å². The van der Waals surface area contributed by atoms with E-state index < -0.39 is 0 Å². The van der Waals surface area contributed by atoms with Crippen LogP contribution in [0.1, 0.15) is 10.4 Å². The molecule has 0 unspecified atom stereocenters. The van der Waals surface area contributed by atoms with E-state index in [2.05, 4.69) is 21.2 Å². The van der Waals surface area contributed by atoms with E-state index in [1.165, 1.54) is 0 Å². The Balaban J connectivity index is 1.92. The van der Waals surface area contributed by atoms with Gasteiger partial charge in [-0.1, -0.05) is 27.5 Å². The van der Waals surface area contributed by atoms with Gasteiger partial charge >= 0.3 is 0 Å². The number of hydrogen-bond acceptors (Lipinski definition) is 3. The highest BCUT2D eigenvalue weighted by molar-refractivity contribution is 9.10. The smallest absolute Gasteiger partial charge is 0.262 e. The van der Waals surface area contributed by atoms with Crippen LogP contribution in [0.3, 0.4) is 0 Å². The second-order valence-corrected chi connectivity index (χ2v) is 5.44. The van der Waals surface area contributed by atoms with Crippen molar-refractivity contribution in [2.45, 2.75) is 0 Å². The average molecular weight is 369 g/mol. The summed E-state index contributed by atoms with van der Waals surface area (Å²) in [6.45, 7) is -0.150. The van der Waals surface area contributed by atoms with Crippen LogP contribution in [0.2, 0.25) is 5.02 Å². The zero-order valence-corrected chi connectivity index (χ0v) is 13.1. The van der Waals surface area contributed by atoms with Crippen LogP contribution < -0.4 is 10.1 Å². The number of ether oxygens (including phenoxy) is 1. The van der Waals surface area contributed by atoms with Crippen LogP contribution >= 0.6 is 27.5 Å². The second-order valence-electron chi connectivity index (χ2n) is 4.14. The lowest BCUT2D eigenvalue weighted by Gasteiger charge is -2.08. The van der Waals surface area contributed by atoms with E-state index in [1.807, 2.05) is 0 Å². The fourth-order valence-corrected chi connectivity index (χ4v) is 2.05. The molecule has 0 atom stereocenters. The summed E-state index contributed by atoms with van der Waals surface area (Å²) in [6, 6.07) is 11.7. The maximum atomic E-state index is 11.7. The van der Waals surface area contributed by atoms with Crippen molar-refractivity contribution < 1.29 is 14.3 Å². The summed E-state index contributed by atoms with van der Waals surface area (Å²) >= 11 is 9.00. The van der Waals surface area contributed by atoms with Gasteiger partial charge in [0.25, 0.3) is 5.91 Å². The molecule has 0 heterocycles. The van der Waals surface area contributed by atoms with Gasteiger partial charge in [0.1, 0.15) is 5.75 Å². The summed E-state index contributed by atoms with van der Waals surface area (Å²) in [5, 5.41) is 3.28. The second kappa shape index (κ2) is 7.24. The van der Waals surface area contributed by atoms with Gasteiger partial charge < -0.3 is 10.1 Å². The third kappa shape index (κ3) is 4.58. The quantitative estimate of drug-likeness (QED) is 0.814. The lowest BCUT2D eigenvalue weighted by molar-refractivity contribution is -0.118. The minimum absolute atomic E-state index is 0.150. The molecule has 0 bridgehead atoms. The number of carbonyl (C=O) groups is 2. The molecular formula is C15H11BrClNO3. The van der Waals surface area contributed by atoms with Crippen molar-refractivity contribution in [3.8, 4) is 5.75 Å². The first-order chi connectivity index (χ1) is 10.1. The molecule has 0 aliphatic rings. The van der Waals surface area contributed by atoms with Crippen molar-refractivity contribution in [3.63, 3.8) is 0 Å². The normalized spacial score (nSPS) is 10.0. The van der Waals surface area contributed by atoms with Gasteiger partial charge in [-0.2, -0.15) is 0 Å². The Morgan fingerprint density at radius 1 is 1.24 bits per heavy atom. The zero-order valence-electron chi connectivity index (χ0n) is 10.8. The molecule has 0 fully saturated rings. The van der Waals surface area contributed by atoms with E-state index in [1.54, 1.807) is 42.5 Å². The molecule has 0 aliphatic carbocycles. The Morgan fingerprint density at radius 2 is 1.95 bits per heavy atom. The molecular weight excluding hydrogens is 358 g/mol. The SMILES string of the molecule is O=Cc1cc(OCC(=O)Nc2ccc(Cl)cc2)ccc1Br. The molecule has 0 saturated carbocycles. The lowest BCUT2D eigenvalue weighted by Crippen LogP contribution is -2.20. The third-order valence-corrected chi connectivity index (χ3v) is 3.57. The van der Waals surface area contributed by atoms with Crippen LogP contribution in [0.5, 0.6) is 5.75 Å². The number of amides is 1. The van der Waals surface area contributed by atoms with Gasteiger partial charge in [-0.05, 0) is 42.5 Å². The summed E-state index contributed by atoms with van der Waals surface area (Å²) in [4.78, 5) is 22.6. The monoisotopic (exact) mass is 367 g/mol. The minimum atomic E-state index is -0.298. The van der Waals surface area contributed by atoms with Gasteiger partial charge in [-0.15, -0.1) is 0 Å². The number of carbonyl (C=O) groups excluding carboxylic acids is 2. The van der Waals surface area contributed by atoms with Crippen LogP contribution in [-0.2, 0) is 4.79 Å². The van der Waals surface area contributed by atoms with Gasteiger partial charge in [0.2, 0.25) is 0 Å². The number of benzene rings is 2. The Kier molecular flexibility index (Phi) is 5.36. The molecule has 2 aromatic carbocycles. The maximum absolute atomic E-state index is 11.7. The molecule has 0 aliphatic heterocycles. The fraction of sp³-hybridized carbons (Fsp3) is 0.0667. The van der Waals surface area contributed by atoms with Crippen molar-refractivity contribution in [1.82, 2.24) is 0 Å². The Labute approximate surface area is 135 Å². The molecule has 0 spiro atoms. The summed E-state index contributed by atoms with van der Waals surface area (Å²) in [7, 11) is 0. The number of rotatable bonds is 5. The Bertz CT molecular complexity index is 658. The highest BCUT2D eigenvalue weighted by atomic mass is 79.9. The minimum Gasteiger partial charge on any atom is -0.484 e. The molecule has 1 N–H and O–H groups in total. The Hall–Kier alpha value is -1.85. The molecule has 0 radical (unpaired) electrons. The van der Waals surface area contributed by atoms with E-state index in [9.17, 15) is 9.59 Å². The number of halogens is 2. The molecule has 1 amide bonds. The first-order valence-electron chi connectivity index (χ1n) is 6.01. The van der Waals surface area contributed by atoms with E-state index in [-0.39, 0.29) is 12.5 Å². The number of nitrogens with one attached hydrogen (secondary N) is 1. The summed E-state index contributed by atoms with van der Waals surface area (Å²) in [6.07, 6.45) is 0.713. The van der Waals surface area contributed by atoms with Crippen molar-refractivity contribution >= 4 is 45.4 Å². The fourth-order valence-electron chi connectivity index (χ4n) is 1.58. The van der Waals surface area contributed by atoms with Crippen LogP contribution in [0.15, 0.2) is 46.9 Å². The molecule has 4 nitrogen and oxygen atoms in total. The first-order valence-corrected chi connectivity index (χ1v) is 7.18. The molecule has 2 aromatic rings. The van der Waals surface area contributed by atoms with Crippen LogP contribution in [0, 0.1) is 0 Å². The topological polar surface area (TPSA) is 55.4 Å². The average Bonchev–Trinajstić information content (AvgIpc) is 2.49. The molecule has 2 rings (SSSR count). The van der Waals surface area contributed by atoms with E-state index in [0.29, 0.717) is 32.8 Å². The molecule has 108 valence electrons. The van der Waals surface area contributed by atoms with Crippen molar-refractivity contribution in [1.29, 1.82) is 0 Å². The van der Waals surface area contributed by atoms with Gasteiger partial charge in [0, 0.05) is 20.7 Å². The standard InChI is InChI=1S/C15H11BrClNO3/c16-14-6-5-13(7-10(14)8-19)21-9-15(20)18-12-3-1-11(17)2-4-12/h1-8H,9H2,(H,18,20). The number of aldehydes is 1. The number of anilines is 1. The predicted molar refractivity (Wildman–Crippen MR) is 85.1 cm³/mol. The van der Waals surface area contributed by atoms with Gasteiger partial charge in [-0.25, -0.2) is 0 Å². The third-order valence-electron chi connectivity index (χ3n) is 2.59. The van der Waals surface area contributed by atoms with Gasteiger partial charge in [0.05, 0.1) is 0 Å². The maximum Gasteiger partial charge on any atom is 0.262 e. The predicted octanol–water partition coefficient (Wildman–Crippen LogP) is 3.93. The first kappa shape index (κ1) is 15.5. The van der Waals surface area contributed by atoms with Crippen molar-refractivity contribution in [2.75, 3.05) is 11.9 Å². The lowest BCUT2D eigenvalue weighted by atomic mass is 10.2. The van der Waals surface area contributed by atoms with Crippen molar-refractivity contribution in [3.05, 3.63) is 57.5 Å². The molecule has 0 aromatic heterocycles. The molecule has 0 saturated heterocycles. The van der Waals surface area contributed by atoms with E-state index in [4.69, 9.17) is 16.3 Å². The highest BCUT2D eigenvalue weighted by Gasteiger charge is 2.06. The van der Waals surface area contributed by atoms with E-state index >= 15 is 0 Å². The van der Waals surface area contributed by atoms with Crippen molar-refractivity contribution in [2.24, 2.45) is 0 Å². The summed E-state index contributed by atoms with van der Waals surface area (Å²) < 4.78 is 6.02. The summed E-state index contributed by atoms with van der Waals surface area (Å²) in [5.41, 5.74) is 1.10. The summed E-state index contributed by atoms with van der Waals surface area (Å²) in [5.74, 6) is 0.152. The Morgan fingerprint density at radius 3 is 2.62 bits per heavy atom. The van der Waals surface area contributed by atoms with Gasteiger partial charge in [0.15, 0.2) is 12.9 Å². The zero-order chi connectivity index (χ0) is 15.2. The molecule has 21 heavy (non-hydrogen) atoms.